The predicted octanol–water partition coefficient (Wildman–Crippen LogP) is 5.73. The van der Waals surface area contributed by atoms with Crippen molar-refractivity contribution in [3.8, 4) is 5.75 Å². The van der Waals surface area contributed by atoms with Crippen LogP contribution in [-0.2, 0) is 11.3 Å². The third-order valence-electron chi connectivity index (χ3n) is 5.84. The summed E-state index contributed by atoms with van der Waals surface area (Å²) in [5, 5.41) is 5.24. The fourth-order valence-electron chi connectivity index (χ4n) is 3.77. The monoisotopic (exact) mass is 439 g/mol. The topological polar surface area (TPSA) is 55.6 Å². The van der Waals surface area contributed by atoms with Gasteiger partial charge in [-0.3, -0.25) is 4.79 Å². The first-order valence-electron chi connectivity index (χ1n) is 11.3. The molecule has 0 radical (unpaired) electrons. The van der Waals surface area contributed by atoms with E-state index in [1.807, 2.05) is 54.6 Å². The van der Waals surface area contributed by atoms with Crippen molar-refractivity contribution < 1.29 is 9.53 Å². The summed E-state index contributed by atoms with van der Waals surface area (Å²) >= 11 is 0. The molecule has 0 aliphatic carbocycles. The van der Waals surface area contributed by atoms with E-state index in [4.69, 9.17) is 4.74 Å². The lowest BCUT2D eigenvalue weighted by Gasteiger charge is -2.10. The maximum absolute atomic E-state index is 12.2. The van der Waals surface area contributed by atoms with Gasteiger partial charge in [0.2, 0.25) is 0 Å². The van der Waals surface area contributed by atoms with E-state index in [0.717, 1.165) is 29.4 Å². The molecule has 5 heteroatoms. The van der Waals surface area contributed by atoms with E-state index in [-0.39, 0.29) is 12.5 Å². The average molecular weight is 440 g/mol. The molecule has 1 heterocycles. The van der Waals surface area contributed by atoms with Gasteiger partial charge in [0.15, 0.2) is 6.61 Å². The summed E-state index contributed by atoms with van der Waals surface area (Å²) in [6.45, 7) is 5.04. The van der Waals surface area contributed by atoms with Crippen LogP contribution in [0.4, 0.5) is 0 Å². The molecule has 3 aromatic carbocycles. The van der Waals surface area contributed by atoms with Crippen molar-refractivity contribution in [3.05, 3.63) is 102 Å². The summed E-state index contributed by atoms with van der Waals surface area (Å²) in [6.07, 6.45) is 4.83. The highest BCUT2D eigenvalue weighted by molar-refractivity contribution is 5.99. The van der Waals surface area contributed by atoms with Crippen molar-refractivity contribution in [1.29, 1.82) is 0 Å². The smallest absolute Gasteiger partial charge is 0.277 e. The summed E-state index contributed by atoms with van der Waals surface area (Å²) in [5.74, 6) is 0.880. The standard InChI is InChI=1S/C28H29N3O2/c1-3-21(2)23-13-15-25(16-14-23)33-20-28(32)30-29-17-24-19-31(18-22-9-5-4-6-10-22)27-12-8-7-11-26(24)27/h4-17,19,21H,3,18,20H2,1-2H3,(H,30,32). The second-order valence-corrected chi connectivity index (χ2v) is 8.18. The van der Waals surface area contributed by atoms with Gasteiger partial charge in [-0.05, 0) is 41.7 Å². The number of hydrogen-bond donors (Lipinski definition) is 1. The number of carbonyl (C=O) groups is 1. The van der Waals surface area contributed by atoms with E-state index >= 15 is 0 Å². The van der Waals surface area contributed by atoms with Crippen molar-refractivity contribution in [2.24, 2.45) is 5.10 Å². The first-order valence-corrected chi connectivity index (χ1v) is 11.3. The molecule has 0 saturated heterocycles. The SMILES string of the molecule is CCC(C)c1ccc(OCC(=O)NN=Cc2cn(Cc3ccccc3)c3ccccc23)cc1. The summed E-state index contributed by atoms with van der Waals surface area (Å²) < 4.78 is 7.78. The Morgan fingerprint density at radius 3 is 2.52 bits per heavy atom. The van der Waals surface area contributed by atoms with Crippen molar-refractivity contribution in [3.63, 3.8) is 0 Å². The van der Waals surface area contributed by atoms with E-state index in [2.05, 4.69) is 59.4 Å². The molecule has 0 bridgehead atoms. The highest BCUT2D eigenvalue weighted by atomic mass is 16.5. The molecule has 5 nitrogen and oxygen atoms in total. The van der Waals surface area contributed by atoms with Crippen LogP contribution < -0.4 is 10.2 Å². The largest absolute Gasteiger partial charge is 0.484 e. The van der Waals surface area contributed by atoms with E-state index in [1.165, 1.54) is 11.1 Å². The molecule has 0 aliphatic heterocycles. The molecular formula is C28H29N3O2. The summed E-state index contributed by atoms with van der Waals surface area (Å²) in [7, 11) is 0. The first-order chi connectivity index (χ1) is 16.1. The molecule has 1 amide bonds. The third-order valence-corrected chi connectivity index (χ3v) is 5.84. The molecular weight excluding hydrogens is 410 g/mol. The molecule has 0 aliphatic rings. The molecule has 1 aromatic heterocycles. The number of fused-ring (bicyclic) bond motifs is 1. The van der Waals surface area contributed by atoms with Crippen LogP contribution in [0, 0.1) is 0 Å². The molecule has 0 fully saturated rings. The Kier molecular flexibility index (Phi) is 7.20. The number of carbonyl (C=O) groups excluding carboxylic acids is 1. The van der Waals surface area contributed by atoms with Crippen LogP contribution in [0.15, 0.2) is 90.2 Å². The van der Waals surface area contributed by atoms with Crippen LogP contribution in [0.1, 0.15) is 42.9 Å². The maximum atomic E-state index is 12.2. The van der Waals surface area contributed by atoms with Gasteiger partial charge in [0.25, 0.3) is 5.91 Å². The quantitative estimate of drug-likeness (QED) is 0.267. The normalized spacial score (nSPS) is 12.2. The minimum absolute atomic E-state index is 0.0875. The molecule has 0 spiro atoms. The Labute approximate surface area is 194 Å². The fourth-order valence-corrected chi connectivity index (χ4v) is 3.77. The van der Waals surface area contributed by atoms with Crippen LogP contribution >= 0.6 is 0 Å². The summed E-state index contributed by atoms with van der Waals surface area (Å²) in [4.78, 5) is 12.2. The van der Waals surface area contributed by atoms with E-state index < -0.39 is 0 Å². The lowest BCUT2D eigenvalue weighted by atomic mass is 9.99. The van der Waals surface area contributed by atoms with Crippen molar-refractivity contribution in [2.45, 2.75) is 32.7 Å². The Hall–Kier alpha value is -3.86. The van der Waals surface area contributed by atoms with Crippen molar-refractivity contribution in [1.82, 2.24) is 9.99 Å². The molecule has 33 heavy (non-hydrogen) atoms. The Morgan fingerprint density at radius 2 is 1.76 bits per heavy atom. The Balaban J connectivity index is 1.37. The number of aromatic nitrogens is 1. The predicted molar refractivity (Wildman–Crippen MR) is 134 cm³/mol. The number of benzene rings is 3. The van der Waals surface area contributed by atoms with Gasteiger partial charge in [0, 0.05) is 29.2 Å². The van der Waals surface area contributed by atoms with Gasteiger partial charge in [-0.2, -0.15) is 5.10 Å². The van der Waals surface area contributed by atoms with Crippen LogP contribution in [-0.4, -0.2) is 23.3 Å². The number of para-hydroxylation sites is 1. The van der Waals surface area contributed by atoms with Gasteiger partial charge in [0.05, 0.1) is 6.21 Å². The molecule has 4 rings (SSSR count). The summed E-state index contributed by atoms with van der Waals surface area (Å²) in [5.41, 5.74) is 7.13. The number of nitrogens with one attached hydrogen (secondary N) is 1. The van der Waals surface area contributed by atoms with Crippen LogP contribution in [0.5, 0.6) is 5.75 Å². The fraction of sp³-hybridized carbons (Fsp3) is 0.214. The van der Waals surface area contributed by atoms with Gasteiger partial charge in [-0.1, -0.05) is 74.5 Å². The van der Waals surface area contributed by atoms with Gasteiger partial charge >= 0.3 is 0 Å². The molecule has 1 unspecified atom stereocenters. The van der Waals surface area contributed by atoms with Crippen molar-refractivity contribution in [2.75, 3.05) is 6.61 Å². The Morgan fingerprint density at radius 1 is 1.03 bits per heavy atom. The number of amides is 1. The van der Waals surface area contributed by atoms with E-state index in [9.17, 15) is 4.79 Å². The zero-order valence-electron chi connectivity index (χ0n) is 19.1. The van der Waals surface area contributed by atoms with Gasteiger partial charge in [-0.15, -0.1) is 0 Å². The molecule has 1 N–H and O–H groups in total. The number of hydrazone groups is 1. The second-order valence-electron chi connectivity index (χ2n) is 8.18. The highest BCUT2D eigenvalue weighted by Gasteiger charge is 2.08. The lowest BCUT2D eigenvalue weighted by molar-refractivity contribution is -0.123. The Bertz CT molecular complexity index is 1230. The number of nitrogens with zero attached hydrogens (tertiary/aromatic N) is 2. The summed E-state index contributed by atoms with van der Waals surface area (Å²) in [6, 6.07) is 26.4. The van der Waals surface area contributed by atoms with Crippen molar-refractivity contribution >= 4 is 23.0 Å². The molecule has 1 atom stereocenters. The second kappa shape index (κ2) is 10.6. The van der Waals surface area contributed by atoms with Gasteiger partial charge in [-0.25, -0.2) is 5.43 Å². The maximum Gasteiger partial charge on any atom is 0.277 e. The zero-order chi connectivity index (χ0) is 23.0. The third kappa shape index (κ3) is 5.69. The molecule has 168 valence electrons. The van der Waals surface area contributed by atoms with E-state index in [0.29, 0.717) is 11.7 Å². The van der Waals surface area contributed by atoms with Gasteiger partial charge < -0.3 is 9.30 Å². The molecule has 4 aromatic rings. The minimum Gasteiger partial charge on any atom is -0.484 e. The van der Waals surface area contributed by atoms with Crippen LogP contribution in [0.3, 0.4) is 0 Å². The van der Waals surface area contributed by atoms with Gasteiger partial charge in [0.1, 0.15) is 5.75 Å². The number of hydrogen-bond acceptors (Lipinski definition) is 3. The molecule has 0 saturated carbocycles. The van der Waals surface area contributed by atoms with Crippen LogP contribution in [0.2, 0.25) is 0 Å². The van der Waals surface area contributed by atoms with Crippen LogP contribution in [0.25, 0.3) is 10.9 Å². The highest BCUT2D eigenvalue weighted by Crippen LogP contribution is 2.22. The minimum atomic E-state index is -0.301. The number of ether oxygens (including phenoxy) is 1. The lowest BCUT2D eigenvalue weighted by Crippen LogP contribution is -2.24. The number of rotatable bonds is 9. The first kappa shape index (κ1) is 22.3. The zero-order valence-corrected chi connectivity index (χ0v) is 19.1. The average Bonchev–Trinajstić information content (AvgIpc) is 3.20. The van der Waals surface area contributed by atoms with E-state index in [1.54, 1.807) is 6.21 Å².